The standard InChI is InChI=1S/C20H29F3N2O4S/c1-5-24(9-8-20(21,22)23)19(26)16-6-7-17(29-4)18(11-16)30(27,28)25-12-14(2)10-15(3)13-25/h6-7,11,14-15H,5,8-10,12-13H2,1-4H3. The Morgan fingerprint density at radius 3 is 2.33 bits per heavy atom. The highest BCUT2D eigenvalue weighted by atomic mass is 32.2. The maximum absolute atomic E-state index is 13.3. The second-order valence-corrected chi connectivity index (χ2v) is 9.79. The van der Waals surface area contributed by atoms with Gasteiger partial charge in [-0.1, -0.05) is 13.8 Å². The highest BCUT2D eigenvalue weighted by Gasteiger charge is 2.34. The highest BCUT2D eigenvalue weighted by Crippen LogP contribution is 2.32. The fraction of sp³-hybridized carbons (Fsp3) is 0.650. The molecule has 10 heteroatoms. The summed E-state index contributed by atoms with van der Waals surface area (Å²) in [5, 5.41) is 0. The minimum atomic E-state index is -4.39. The molecule has 30 heavy (non-hydrogen) atoms. The van der Waals surface area contributed by atoms with Crippen LogP contribution >= 0.6 is 0 Å². The molecule has 0 bridgehead atoms. The van der Waals surface area contributed by atoms with Crippen LogP contribution in [0.5, 0.6) is 5.75 Å². The number of methoxy groups -OCH3 is 1. The molecular weight excluding hydrogens is 421 g/mol. The number of carbonyl (C=O) groups is 1. The van der Waals surface area contributed by atoms with Crippen LogP contribution in [-0.2, 0) is 10.0 Å². The maximum Gasteiger partial charge on any atom is 0.390 e. The Hall–Kier alpha value is -1.81. The molecule has 0 spiro atoms. The van der Waals surface area contributed by atoms with Crippen molar-refractivity contribution in [3.05, 3.63) is 23.8 Å². The largest absolute Gasteiger partial charge is 0.495 e. The zero-order valence-electron chi connectivity index (χ0n) is 17.7. The molecule has 1 aliphatic rings. The van der Waals surface area contributed by atoms with Gasteiger partial charge in [0, 0.05) is 31.7 Å². The van der Waals surface area contributed by atoms with Crippen molar-refractivity contribution in [1.29, 1.82) is 0 Å². The highest BCUT2D eigenvalue weighted by molar-refractivity contribution is 7.89. The predicted molar refractivity (Wildman–Crippen MR) is 107 cm³/mol. The van der Waals surface area contributed by atoms with Gasteiger partial charge in [-0.05, 0) is 43.4 Å². The van der Waals surface area contributed by atoms with E-state index in [1.165, 1.54) is 29.6 Å². The molecule has 6 nitrogen and oxygen atoms in total. The molecule has 0 aromatic heterocycles. The maximum atomic E-state index is 13.3. The van der Waals surface area contributed by atoms with Crippen molar-refractivity contribution in [2.45, 2.75) is 44.7 Å². The summed E-state index contributed by atoms with van der Waals surface area (Å²) in [6.07, 6.45) is -4.59. The van der Waals surface area contributed by atoms with E-state index in [-0.39, 0.29) is 34.6 Å². The number of halogens is 3. The lowest BCUT2D eigenvalue weighted by Crippen LogP contribution is -2.42. The van der Waals surface area contributed by atoms with E-state index in [0.717, 1.165) is 11.3 Å². The molecule has 1 aliphatic heterocycles. The molecular formula is C20H29F3N2O4S. The van der Waals surface area contributed by atoms with Gasteiger partial charge in [0.1, 0.15) is 10.6 Å². The summed E-state index contributed by atoms with van der Waals surface area (Å²) in [4.78, 5) is 13.7. The van der Waals surface area contributed by atoms with E-state index in [0.29, 0.717) is 13.1 Å². The quantitative estimate of drug-likeness (QED) is 0.634. The Morgan fingerprint density at radius 2 is 1.83 bits per heavy atom. The summed E-state index contributed by atoms with van der Waals surface area (Å²) in [7, 11) is -2.60. The number of nitrogens with zero attached hydrogens (tertiary/aromatic N) is 2. The fourth-order valence-electron chi connectivity index (χ4n) is 3.80. The lowest BCUT2D eigenvalue weighted by Gasteiger charge is -2.34. The van der Waals surface area contributed by atoms with Crippen molar-refractivity contribution in [3.8, 4) is 5.75 Å². The van der Waals surface area contributed by atoms with Crippen molar-refractivity contribution < 1.29 is 31.1 Å². The smallest absolute Gasteiger partial charge is 0.390 e. The SMILES string of the molecule is CCN(CCC(F)(F)F)C(=O)c1ccc(OC)c(S(=O)(=O)N2CC(C)CC(C)C2)c1. The zero-order chi connectivity index (χ0) is 22.7. The number of ether oxygens (including phenoxy) is 1. The molecule has 1 fully saturated rings. The van der Waals surface area contributed by atoms with Crippen LogP contribution in [0.4, 0.5) is 13.2 Å². The predicted octanol–water partition coefficient (Wildman–Crippen LogP) is 3.78. The van der Waals surface area contributed by atoms with Gasteiger partial charge < -0.3 is 9.64 Å². The molecule has 1 aromatic carbocycles. The van der Waals surface area contributed by atoms with Gasteiger partial charge in [0.05, 0.1) is 13.5 Å². The fourth-order valence-corrected chi connectivity index (χ4v) is 5.66. The number of hydrogen-bond acceptors (Lipinski definition) is 4. The number of hydrogen-bond donors (Lipinski definition) is 0. The Morgan fingerprint density at radius 1 is 1.23 bits per heavy atom. The zero-order valence-corrected chi connectivity index (χ0v) is 18.5. The third kappa shape index (κ3) is 5.87. The normalized spacial score (nSPS) is 20.8. The molecule has 1 amide bonds. The molecule has 1 aromatic rings. The third-order valence-corrected chi connectivity index (χ3v) is 7.05. The molecule has 170 valence electrons. The van der Waals surface area contributed by atoms with Gasteiger partial charge in [-0.25, -0.2) is 8.42 Å². The van der Waals surface area contributed by atoms with Crippen LogP contribution in [0.3, 0.4) is 0 Å². The number of sulfonamides is 1. The second kappa shape index (κ2) is 9.55. The number of piperidine rings is 1. The van der Waals surface area contributed by atoms with Crippen LogP contribution in [-0.4, -0.2) is 63.0 Å². The molecule has 2 unspecified atom stereocenters. The van der Waals surface area contributed by atoms with Gasteiger partial charge in [-0.3, -0.25) is 4.79 Å². The lowest BCUT2D eigenvalue weighted by atomic mass is 9.94. The average molecular weight is 451 g/mol. The summed E-state index contributed by atoms with van der Waals surface area (Å²) < 4.78 is 70.9. The third-order valence-electron chi connectivity index (χ3n) is 5.20. The Balaban J connectivity index is 2.37. The summed E-state index contributed by atoms with van der Waals surface area (Å²) in [6.45, 7) is 5.84. The van der Waals surface area contributed by atoms with Gasteiger partial charge in [0.15, 0.2) is 0 Å². The molecule has 0 radical (unpaired) electrons. The minimum absolute atomic E-state index is 0.0107. The van der Waals surface area contributed by atoms with Crippen molar-refractivity contribution in [2.75, 3.05) is 33.3 Å². The van der Waals surface area contributed by atoms with E-state index in [1.807, 2.05) is 13.8 Å². The van der Waals surface area contributed by atoms with Crippen molar-refractivity contribution in [3.63, 3.8) is 0 Å². The summed E-state index contributed by atoms with van der Waals surface area (Å²) in [5.74, 6) is -0.174. The van der Waals surface area contributed by atoms with Crippen molar-refractivity contribution in [1.82, 2.24) is 9.21 Å². The monoisotopic (exact) mass is 450 g/mol. The topological polar surface area (TPSA) is 66.9 Å². The van der Waals surface area contributed by atoms with Gasteiger partial charge in [-0.15, -0.1) is 0 Å². The molecule has 0 aliphatic carbocycles. The van der Waals surface area contributed by atoms with E-state index < -0.39 is 35.1 Å². The van der Waals surface area contributed by atoms with Crippen LogP contribution in [0.15, 0.2) is 23.1 Å². The first-order valence-corrected chi connectivity index (χ1v) is 11.4. The van der Waals surface area contributed by atoms with Crippen LogP contribution < -0.4 is 4.74 Å². The first-order valence-electron chi connectivity index (χ1n) is 9.93. The van der Waals surface area contributed by atoms with Crippen molar-refractivity contribution in [2.24, 2.45) is 11.8 Å². The van der Waals surface area contributed by atoms with Gasteiger partial charge in [0.2, 0.25) is 10.0 Å². The molecule has 2 rings (SSSR count). The van der Waals surface area contributed by atoms with Crippen molar-refractivity contribution >= 4 is 15.9 Å². The first kappa shape index (κ1) is 24.5. The molecule has 0 N–H and O–H groups in total. The van der Waals surface area contributed by atoms with Gasteiger partial charge >= 0.3 is 6.18 Å². The number of benzene rings is 1. The summed E-state index contributed by atoms with van der Waals surface area (Å²) >= 11 is 0. The van der Waals surface area contributed by atoms with E-state index in [4.69, 9.17) is 4.74 Å². The Kier molecular flexibility index (Phi) is 7.79. The van der Waals surface area contributed by atoms with E-state index >= 15 is 0 Å². The van der Waals surface area contributed by atoms with Crippen LogP contribution in [0.1, 0.15) is 44.0 Å². The second-order valence-electron chi connectivity index (χ2n) is 7.88. The van der Waals surface area contributed by atoms with Crippen LogP contribution in [0.2, 0.25) is 0 Å². The number of rotatable bonds is 7. The number of carbonyl (C=O) groups excluding carboxylic acids is 1. The summed E-state index contributed by atoms with van der Waals surface area (Å²) in [6, 6.07) is 3.95. The van der Waals surface area contributed by atoms with Crippen LogP contribution in [0, 0.1) is 11.8 Å². The number of alkyl halides is 3. The molecule has 0 saturated carbocycles. The van der Waals surface area contributed by atoms with E-state index in [2.05, 4.69) is 0 Å². The van der Waals surface area contributed by atoms with E-state index in [9.17, 15) is 26.4 Å². The molecule has 1 heterocycles. The minimum Gasteiger partial charge on any atom is -0.495 e. The number of amides is 1. The Labute approximate surface area is 176 Å². The average Bonchev–Trinajstić information content (AvgIpc) is 2.66. The molecule has 1 saturated heterocycles. The van der Waals surface area contributed by atoms with Gasteiger partial charge in [0.25, 0.3) is 5.91 Å². The van der Waals surface area contributed by atoms with Gasteiger partial charge in [-0.2, -0.15) is 17.5 Å². The van der Waals surface area contributed by atoms with E-state index in [1.54, 1.807) is 6.92 Å². The summed E-state index contributed by atoms with van der Waals surface area (Å²) in [5.41, 5.74) is 0.0107. The Bertz CT molecular complexity index is 848. The molecule has 2 atom stereocenters. The lowest BCUT2D eigenvalue weighted by molar-refractivity contribution is -0.136. The first-order chi connectivity index (χ1) is 13.9. The van der Waals surface area contributed by atoms with Crippen LogP contribution in [0.25, 0.3) is 0 Å².